The van der Waals surface area contributed by atoms with Gasteiger partial charge < -0.3 is 24.8 Å². The Balaban J connectivity index is 1.95. The molecule has 3 rings (SSSR count). The molecule has 1 aliphatic rings. The maximum Gasteiger partial charge on any atom is 0.338 e. The van der Waals surface area contributed by atoms with Crippen LogP contribution in [-0.2, 0) is 9.53 Å². The molecule has 7 nitrogen and oxygen atoms in total. The summed E-state index contributed by atoms with van der Waals surface area (Å²) in [6, 6.07) is 13.5. The van der Waals surface area contributed by atoms with Crippen molar-refractivity contribution in [3.63, 3.8) is 0 Å². The number of hydrogen-bond acceptors (Lipinski definition) is 5. The quantitative estimate of drug-likeness (QED) is 0.371. The van der Waals surface area contributed by atoms with Gasteiger partial charge in [0.1, 0.15) is 11.5 Å². The zero-order valence-electron chi connectivity index (χ0n) is 19.5. The molecule has 0 saturated heterocycles. The number of ether oxygens (including phenoxy) is 3. The lowest BCUT2D eigenvalue weighted by Gasteiger charge is -2.30. The van der Waals surface area contributed by atoms with Crippen molar-refractivity contribution in [1.29, 1.82) is 0 Å². The summed E-state index contributed by atoms with van der Waals surface area (Å²) in [5.74, 6) is 0.775. The Morgan fingerprint density at radius 3 is 2.39 bits per heavy atom. The smallest absolute Gasteiger partial charge is 0.338 e. The molecule has 2 N–H and O–H groups in total. The average molecular weight is 453 g/mol. The molecule has 0 bridgehead atoms. The number of para-hydroxylation sites is 1. The molecule has 1 unspecified atom stereocenters. The second-order valence-electron chi connectivity index (χ2n) is 7.84. The van der Waals surface area contributed by atoms with E-state index in [4.69, 9.17) is 14.2 Å². The fourth-order valence-corrected chi connectivity index (χ4v) is 3.85. The Morgan fingerprint density at radius 2 is 1.70 bits per heavy atom. The lowest BCUT2D eigenvalue weighted by atomic mass is 9.92. The van der Waals surface area contributed by atoms with Crippen molar-refractivity contribution >= 4 is 17.7 Å². The van der Waals surface area contributed by atoms with Crippen LogP contribution in [0.4, 0.5) is 4.79 Å². The van der Waals surface area contributed by atoms with Crippen LogP contribution in [0.2, 0.25) is 0 Å². The molecule has 0 aliphatic carbocycles. The molecule has 1 atom stereocenters. The van der Waals surface area contributed by atoms with Crippen LogP contribution in [-0.4, -0.2) is 32.8 Å². The minimum Gasteiger partial charge on any atom is -0.497 e. The summed E-state index contributed by atoms with van der Waals surface area (Å²) in [6.45, 7) is 2.76. The summed E-state index contributed by atoms with van der Waals surface area (Å²) in [5.41, 5.74) is 2.08. The zero-order valence-corrected chi connectivity index (χ0v) is 19.5. The van der Waals surface area contributed by atoms with Gasteiger partial charge in [-0.25, -0.2) is 9.59 Å². The van der Waals surface area contributed by atoms with Crippen LogP contribution in [0.3, 0.4) is 0 Å². The van der Waals surface area contributed by atoms with Crippen LogP contribution in [0, 0.1) is 0 Å². The minimum absolute atomic E-state index is 0.307. The van der Waals surface area contributed by atoms with Crippen molar-refractivity contribution in [3.05, 3.63) is 65.2 Å². The van der Waals surface area contributed by atoms with Crippen molar-refractivity contribution in [2.75, 3.05) is 20.8 Å². The fourth-order valence-electron chi connectivity index (χ4n) is 3.85. The van der Waals surface area contributed by atoms with Crippen LogP contribution >= 0.6 is 0 Å². The molecule has 33 heavy (non-hydrogen) atoms. The lowest BCUT2D eigenvalue weighted by molar-refractivity contribution is -0.136. The SMILES string of the molecule is CCCCCCCOc1ccccc1C1NC(=O)NC(c2ccc(OC)cc2)=C1C(=O)OC. The number of methoxy groups -OCH3 is 2. The van der Waals surface area contributed by atoms with Gasteiger partial charge in [-0.1, -0.05) is 50.8 Å². The number of rotatable bonds is 11. The third-order valence-corrected chi connectivity index (χ3v) is 5.59. The standard InChI is InChI=1S/C26H32N2O5/c1-4-5-6-7-10-17-33-21-12-9-8-11-20(21)24-22(25(29)32-3)23(27-26(30)28-24)18-13-15-19(31-2)16-14-18/h8-9,11-16,24H,4-7,10,17H2,1-3H3,(H2,27,28,30). The van der Waals surface area contributed by atoms with Crippen molar-refractivity contribution < 1.29 is 23.8 Å². The molecule has 0 radical (unpaired) electrons. The fraction of sp³-hybridized carbons (Fsp3) is 0.385. The number of carbonyl (C=O) groups excluding carboxylic acids is 2. The Morgan fingerprint density at radius 1 is 0.970 bits per heavy atom. The van der Waals surface area contributed by atoms with E-state index in [1.54, 1.807) is 31.4 Å². The van der Waals surface area contributed by atoms with E-state index in [2.05, 4.69) is 17.6 Å². The Kier molecular flexibility index (Phi) is 8.75. The number of esters is 1. The van der Waals surface area contributed by atoms with E-state index in [0.717, 1.165) is 12.8 Å². The molecule has 176 valence electrons. The molecule has 0 saturated carbocycles. The first-order valence-electron chi connectivity index (χ1n) is 11.3. The number of nitrogens with one attached hydrogen (secondary N) is 2. The van der Waals surface area contributed by atoms with E-state index >= 15 is 0 Å². The molecular weight excluding hydrogens is 420 g/mol. The van der Waals surface area contributed by atoms with Crippen molar-refractivity contribution in [2.45, 2.75) is 45.1 Å². The summed E-state index contributed by atoms with van der Waals surface area (Å²) in [6.07, 6.45) is 5.66. The predicted molar refractivity (Wildman–Crippen MR) is 127 cm³/mol. The van der Waals surface area contributed by atoms with Gasteiger partial charge in [0.15, 0.2) is 0 Å². The molecular formula is C26H32N2O5. The van der Waals surface area contributed by atoms with Crippen molar-refractivity contribution in [3.8, 4) is 11.5 Å². The van der Waals surface area contributed by atoms with Crippen molar-refractivity contribution in [1.82, 2.24) is 10.6 Å². The Hall–Kier alpha value is -3.48. The molecule has 7 heteroatoms. The highest BCUT2D eigenvalue weighted by molar-refractivity contribution is 6.04. The first-order chi connectivity index (χ1) is 16.1. The van der Waals surface area contributed by atoms with E-state index in [1.807, 2.05) is 24.3 Å². The average Bonchev–Trinajstić information content (AvgIpc) is 2.85. The normalized spacial score (nSPS) is 15.5. The van der Waals surface area contributed by atoms with E-state index in [1.165, 1.54) is 26.4 Å². The lowest BCUT2D eigenvalue weighted by Crippen LogP contribution is -2.45. The molecule has 2 amide bonds. The number of hydrogen-bond donors (Lipinski definition) is 2. The van der Waals surface area contributed by atoms with Crippen LogP contribution in [0.15, 0.2) is 54.1 Å². The van der Waals surface area contributed by atoms with Crippen LogP contribution in [0.5, 0.6) is 11.5 Å². The van der Waals surface area contributed by atoms with Gasteiger partial charge in [-0.3, -0.25) is 0 Å². The van der Waals surface area contributed by atoms with Gasteiger partial charge in [0.25, 0.3) is 0 Å². The first-order valence-corrected chi connectivity index (χ1v) is 11.3. The summed E-state index contributed by atoms with van der Waals surface area (Å²) in [7, 11) is 2.91. The van der Waals surface area contributed by atoms with Crippen LogP contribution in [0.1, 0.15) is 56.2 Å². The van der Waals surface area contributed by atoms with Gasteiger partial charge in [0, 0.05) is 5.56 Å². The van der Waals surface area contributed by atoms with E-state index in [9.17, 15) is 9.59 Å². The maximum atomic E-state index is 12.9. The number of carbonyl (C=O) groups is 2. The zero-order chi connectivity index (χ0) is 23.6. The molecule has 0 fully saturated rings. The van der Waals surface area contributed by atoms with Crippen LogP contribution in [0.25, 0.3) is 5.70 Å². The van der Waals surface area contributed by atoms with Gasteiger partial charge in [0.05, 0.1) is 38.1 Å². The number of amides is 2. The second kappa shape index (κ2) is 11.9. The van der Waals surface area contributed by atoms with Gasteiger partial charge in [-0.15, -0.1) is 0 Å². The number of unbranched alkanes of at least 4 members (excludes halogenated alkanes) is 4. The highest BCUT2D eigenvalue weighted by atomic mass is 16.5. The Labute approximate surface area is 195 Å². The first kappa shape index (κ1) is 24.2. The van der Waals surface area contributed by atoms with Crippen molar-refractivity contribution in [2.24, 2.45) is 0 Å². The van der Waals surface area contributed by atoms with Gasteiger partial charge in [0.2, 0.25) is 0 Å². The summed E-state index contributed by atoms with van der Waals surface area (Å²) >= 11 is 0. The van der Waals surface area contributed by atoms with Gasteiger partial charge in [-0.2, -0.15) is 0 Å². The topological polar surface area (TPSA) is 85.9 Å². The third kappa shape index (κ3) is 6.06. The predicted octanol–water partition coefficient (Wildman–Crippen LogP) is 4.98. The van der Waals surface area contributed by atoms with E-state index in [0.29, 0.717) is 40.5 Å². The largest absolute Gasteiger partial charge is 0.497 e. The third-order valence-electron chi connectivity index (χ3n) is 5.59. The van der Waals surface area contributed by atoms with Gasteiger partial charge in [-0.05, 0) is 42.3 Å². The molecule has 1 aliphatic heterocycles. The minimum atomic E-state index is -0.723. The Bertz CT molecular complexity index is 984. The highest BCUT2D eigenvalue weighted by Crippen LogP contribution is 2.36. The molecule has 0 aromatic heterocycles. The molecule has 2 aromatic rings. The molecule has 2 aromatic carbocycles. The summed E-state index contributed by atoms with van der Waals surface area (Å²) < 4.78 is 16.4. The van der Waals surface area contributed by atoms with Gasteiger partial charge >= 0.3 is 12.0 Å². The maximum absolute atomic E-state index is 12.9. The summed E-state index contributed by atoms with van der Waals surface area (Å²) in [5, 5.41) is 5.64. The second-order valence-corrected chi connectivity index (χ2v) is 7.84. The molecule has 0 spiro atoms. The molecule has 1 heterocycles. The van der Waals surface area contributed by atoms with Crippen LogP contribution < -0.4 is 20.1 Å². The highest BCUT2D eigenvalue weighted by Gasteiger charge is 2.35. The number of benzene rings is 2. The van der Waals surface area contributed by atoms with E-state index < -0.39 is 18.0 Å². The summed E-state index contributed by atoms with van der Waals surface area (Å²) in [4.78, 5) is 25.5. The van der Waals surface area contributed by atoms with E-state index in [-0.39, 0.29) is 0 Å². The number of urea groups is 1. The monoisotopic (exact) mass is 452 g/mol.